The van der Waals surface area contributed by atoms with Crippen LogP contribution in [0.5, 0.6) is 17.2 Å². The Morgan fingerprint density at radius 1 is 0.956 bits per heavy atom. The molecule has 0 saturated heterocycles. The van der Waals surface area contributed by atoms with Crippen LogP contribution in [0.4, 0.5) is 8.78 Å². The zero-order valence-electron chi connectivity index (χ0n) is 23.8. The minimum atomic E-state index is -3.06. The summed E-state index contributed by atoms with van der Waals surface area (Å²) in [7, 11) is 0. The van der Waals surface area contributed by atoms with Crippen molar-refractivity contribution in [2.45, 2.75) is 38.6 Å². The molecule has 0 amide bonds. The van der Waals surface area contributed by atoms with E-state index in [2.05, 4.69) is 9.72 Å². The molecule has 0 spiro atoms. The monoisotopic (exact) mass is 659 g/mol. The first-order chi connectivity index (χ1) is 21.3. The lowest BCUT2D eigenvalue weighted by Crippen LogP contribution is -2.17. The highest BCUT2D eigenvalue weighted by atomic mass is 35.5. The van der Waals surface area contributed by atoms with Gasteiger partial charge in [-0.05, 0) is 54.2 Å². The largest absolute Gasteiger partial charge is 0.870 e. The molecule has 1 aliphatic carbocycles. The van der Waals surface area contributed by atoms with Gasteiger partial charge in [-0.2, -0.15) is 8.78 Å². The predicted molar refractivity (Wildman–Crippen MR) is 161 cm³/mol. The minimum absolute atomic E-state index is 0. The molecule has 1 atom stereocenters. The van der Waals surface area contributed by atoms with Gasteiger partial charge in [-0.25, -0.2) is 9.78 Å². The van der Waals surface area contributed by atoms with Crippen molar-refractivity contribution in [3.05, 3.63) is 117 Å². The molecule has 1 aromatic heterocycles. The number of pyridine rings is 1. The number of aromatic nitrogens is 1. The molecule has 5 rings (SSSR count). The summed E-state index contributed by atoms with van der Waals surface area (Å²) >= 11 is 12.9. The predicted octanol–water partition coefficient (Wildman–Crippen LogP) is 7.55. The standard InChI is InChI=1S/C33H27Cl2F2NO6.H2O/c34-26-15-38-16-27(35)25(26)14-29(22-11-12-28(44-33(36)37)30(13-22)41-18-21-9-10-21)43-32(40)24-8-4-7-23(17-39)31(24)42-19-20-5-2-1-3-6-20;/h1-8,11-13,15-17,21,29,33H,9-10,14,18-19H2;1H2/t29-;/m0./s1. The first-order valence-electron chi connectivity index (χ1n) is 13.8. The van der Waals surface area contributed by atoms with Crippen LogP contribution in [-0.4, -0.2) is 31.0 Å². The second-order valence-electron chi connectivity index (χ2n) is 10.2. The average molecular weight is 660 g/mol. The van der Waals surface area contributed by atoms with E-state index in [0.29, 0.717) is 40.0 Å². The second-order valence-corrected chi connectivity index (χ2v) is 11.0. The van der Waals surface area contributed by atoms with E-state index >= 15 is 0 Å². The molecule has 0 aliphatic heterocycles. The summed E-state index contributed by atoms with van der Waals surface area (Å²) in [6.07, 6.45) is 4.67. The Morgan fingerprint density at radius 3 is 2.36 bits per heavy atom. The SMILES string of the molecule is O=Cc1cccc(C(=O)O[C@@H](Cc2c(Cl)c[nH+]cc2Cl)c2ccc(OC(F)F)c(OCC3CC3)c2)c1OCc1ccccc1.[OH-]. The topological polar surface area (TPSA) is 115 Å². The molecule has 0 radical (unpaired) electrons. The number of nitrogens with one attached hydrogen (secondary N) is 1. The Labute approximate surface area is 268 Å². The van der Waals surface area contributed by atoms with Crippen molar-refractivity contribution >= 4 is 35.5 Å². The Hall–Kier alpha value is -4.25. The van der Waals surface area contributed by atoms with Crippen LogP contribution >= 0.6 is 23.2 Å². The highest BCUT2D eigenvalue weighted by Crippen LogP contribution is 2.38. The summed E-state index contributed by atoms with van der Waals surface area (Å²) in [4.78, 5) is 28.5. The number of benzene rings is 3. The number of esters is 1. The number of rotatable bonds is 14. The van der Waals surface area contributed by atoms with Gasteiger partial charge in [-0.1, -0.05) is 65.7 Å². The number of aromatic amines is 1. The fourth-order valence-electron chi connectivity index (χ4n) is 4.50. The highest BCUT2D eigenvalue weighted by Gasteiger charge is 2.28. The van der Waals surface area contributed by atoms with E-state index < -0.39 is 18.7 Å². The van der Waals surface area contributed by atoms with Crippen LogP contribution in [0.1, 0.15) is 56.4 Å². The molecule has 2 N–H and O–H groups in total. The van der Waals surface area contributed by atoms with E-state index in [1.54, 1.807) is 6.07 Å². The summed E-state index contributed by atoms with van der Waals surface area (Å²) in [6.45, 7) is -2.62. The molecule has 0 unspecified atom stereocenters. The van der Waals surface area contributed by atoms with Crippen LogP contribution in [0.25, 0.3) is 0 Å². The Kier molecular flexibility index (Phi) is 11.7. The molecular weight excluding hydrogens is 631 g/mol. The molecule has 1 fully saturated rings. The van der Waals surface area contributed by atoms with Gasteiger partial charge in [0.25, 0.3) is 0 Å². The van der Waals surface area contributed by atoms with Gasteiger partial charge in [-0.3, -0.25) is 4.79 Å². The van der Waals surface area contributed by atoms with Crippen molar-refractivity contribution in [3.63, 3.8) is 0 Å². The number of aldehydes is 1. The van der Waals surface area contributed by atoms with Gasteiger partial charge in [0.2, 0.25) is 0 Å². The number of carbonyl (C=O) groups excluding carboxylic acids is 2. The van der Waals surface area contributed by atoms with Crippen LogP contribution in [0.15, 0.2) is 79.1 Å². The van der Waals surface area contributed by atoms with E-state index in [1.807, 2.05) is 30.3 Å². The number of ether oxygens (including phenoxy) is 4. The van der Waals surface area contributed by atoms with Gasteiger partial charge >= 0.3 is 12.6 Å². The molecule has 0 bridgehead atoms. The molecule has 1 aliphatic rings. The lowest BCUT2D eigenvalue weighted by Gasteiger charge is -2.22. The fourth-order valence-corrected chi connectivity index (χ4v) is 5.03. The third-order valence-electron chi connectivity index (χ3n) is 6.98. The van der Waals surface area contributed by atoms with E-state index in [0.717, 1.165) is 18.4 Å². The molecule has 8 nitrogen and oxygen atoms in total. The number of hydrogen-bond donors (Lipinski definition) is 0. The molecule has 45 heavy (non-hydrogen) atoms. The number of halogens is 4. The molecule has 4 aromatic rings. The first kappa shape index (κ1) is 33.6. The summed E-state index contributed by atoms with van der Waals surface area (Å²) < 4.78 is 48.8. The lowest BCUT2D eigenvalue weighted by molar-refractivity contribution is -0.377. The smallest absolute Gasteiger partial charge is 0.387 e. The normalized spacial score (nSPS) is 13.0. The maximum absolute atomic E-state index is 13.8. The zero-order valence-corrected chi connectivity index (χ0v) is 25.3. The van der Waals surface area contributed by atoms with Gasteiger partial charge in [-0.15, -0.1) is 0 Å². The number of para-hydroxylation sites is 1. The van der Waals surface area contributed by atoms with E-state index in [-0.39, 0.29) is 46.9 Å². The average Bonchev–Trinajstić information content (AvgIpc) is 3.85. The Balaban J connectivity index is 0.00000461. The summed E-state index contributed by atoms with van der Waals surface area (Å²) in [6, 6.07) is 18.2. The third kappa shape index (κ3) is 8.91. The molecule has 12 heteroatoms. The van der Waals surface area contributed by atoms with Crippen LogP contribution in [0, 0.1) is 5.92 Å². The molecule has 236 valence electrons. The number of carbonyl (C=O) groups is 2. The van der Waals surface area contributed by atoms with Crippen molar-refractivity contribution in [3.8, 4) is 17.2 Å². The lowest BCUT2D eigenvalue weighted by atomic mass is 10.0. The van der Waals surface area contributed by atoms with Crippen molar-refractivity contribution in [2.75, 3.05) is 6.61 Å². The van der Waals surface area contributed by atoms with Crippen LogP contribution in [-0.2, 0) is 17.8 Å². The Bertz CT molecular complexity index is 1600. The summed E-state index contributed by atoms with van der Waals surface area (Å²) in [5, 5.41) is 0.604. The van der Waals surface area contributed by atoms with Crippen LogP contribution in [0.3, 0.4) is 0 Å². The first-order valence-corrected chi connectivity index (χ1v) is 14.6. The Morgan fingerprint density at radius 2 is 1.69 bits per heavy atom. The van der Waals surface area contributed by atoms with E-state index in [9.17, 15) is 18.4 Å². The maximum atomic E-state index is 13.8. The zero-order chi connectivity index (χ0) is 31.1. The van der Waals surface area contributed by atoms with Crippen molar-refractivity contribution in [2.24, 2.45) is 5.92 Å². The minimum Gasteiger partial charge on any atom is -0.870 e. The third-order valence-corrected chi connectivity index (χ3v) is 7.66. The van der Waals surface area contributed by atoms with Crippen molar-refractivity contribution in [1.29, 1.82) is 0 Å². The number of H-pyrrole nitrogens is 1. The van der Waals surface area contributed by atoms with Crippen molar-refractivity contribution < 1.29 is 47.8 Å². The highest BCUT2D eigenvalue weighted by molar-refractivity contribution is 6.35. The number of hydrogen-bond acceptors (Lipinski definition) is 7. The summed E-state index contributed by atoms with van der Waals surface area (Å²) in [5.74, 6) is -0.442. The molecular formula is C33H29Cl2F2NO7. The van der Waals surface area contributed by atoms with Gasteiger partial charge in [0.05, 0.1) is 12.2 Å². The second kappa shape index (κ2) is 15.7. The summed E-state index contributed by atoms with van der Waals surface area (Å²) in [5.41, 5.74) is 1.93. The maximum Gasteiger partial charge on any atom is 0.387 e. The quantitative estimate of drug-likeness (QED) is 0.101. The van der Waals surface area contributed by atoms with Crippen molar-refractivity contribution in [1.82, 2.24) is 0 Å². The van der Waals surface area contributed by atoms with Crippen LogP contribution in [0.2, 0.25) is 10.0 Å². The van der Waals surface area contributed by atoms with E-state index in [1.165, 1.54) is 42.7 Å². The van der Waals surface area contributed by atoms with Crippen LogP contribution < -0.4 is 19.2 Å². The molecule has 1 heterocycles. The van der Waals surface area contributed by atoms with Gasteiger partial charge in [0.1, 0.15) is 34.1 Å². The molecule has 3 aromatic carbocycles. The van der Waals surface area contributed by atoms with Gasteiger partial charge in [0, 0.05) is 12.0 Å². The fraction of sp³-hybridized carbons (Fsp3) is 0.242. The van der Waals surface area contributed by atoms with Gasteiger partial charge in [0.15, 0.2) is 30.2 Å². The van der Waals surface area contributed by atoms with Gasteiger partial charge < -0.3 is 24.4 Å². The number of alkyl halides is 2. The molecule has 1 saturated carbocycles. The van der Waals surface area contributed by atoms with E-state index in [4.69, 9.17) is 37.4 Å².